The Morgan fingerprint density at radius 2 is 2.25 bits per heavy atom. The zero-order valence-electron chi connectivity index (χ0n) is 10.2. The number of aromatic amines is 1. The first-order valence-corrected chi connectivity index (χ1v) is 7.54. The lowest BCUT2D eigenvalue weighted by Crippen LogP contribution is -2.38. The molecule has 1 aromatic rings. The van der Waals surface area contributed by atoms with Crippen LogP contribution < -0.4 is 0 Å². The molecule has 90 valence electrons. The van der Waals surface area contributed by atoms with Crippen LogP contribution in [0.4, 0.5) is 0 Å². The molecule has 2 rings (SSSR count). The van der Waals surface area contributed by atoms with Crippen molar-refractivity contribution in [2.75, 3.05) is 6.26 Å². The van der Waals surface area contributed by atoms with Gasteiger partial charge < -0.3 is 9.55 Å². The molecule has 1 N–H and O–H groups in total. The van der Waals surface area contributed by atoms with Crippen LogP contribution in [0.1, 0.15) is 44.7 Å². The highest BCUT2D eigenvalue weighted by molar-refractivity contribution is 8.00. The summed E-state index contributed by atoms with van der Waals surface area (Å²) in [6.45, 7) is 5.52. The molecule has 2 nitrogen and oxygen atoms in total. The smallest absolute Gasteiger partial charge is 0.177 e. The van der Waals surface area contributed by atoms with E-state index in [0.717, 1.165) is 11.3 Å². The highest BCUT2D eigenvalue weighted by atomic mass is 32.2. The molecule has 0 atom stereocenters. The minimum atomic E-state index is 0.448. The van der Waals surface area contributed by atoms with Gasteiger partial charge in [0.25, 0.3) is 0 Å². The molecular weight excluding hydrogens is 236 g/mol. The molecule has 1 aliphatic rings. The fourth-order valence-corrected chi connectivity index (χ4v) is 3.52. The molecule has 0 aliphatic heterocycles. The Bertz CT molecular complexity index is 407. The second-order valence-electron chi connectivity index (χ2n) is 5.00. The SMILES string of the molecule is CSC1(Cn2c(C(C)C)c[nH]c2=S)CCC1. The summed E-state index contributed by atoms with van der Waals surface area (Å²) in [5.74, 6) is 0.534. The van der Waals surface area contributed by atoms with Crippen molar-refractivity contribution >= 4 is 24.0 Å². The van der Waals surface area contributed by atoms with Crippen molar-refractivity contribution in [3.63, 3.8) is 0 Å². The van der Waals surface area contributed by atoms with Gasteiger partial charge in [0.15, 0.2) is 4.77 Å². The highest BCUT2D eigenvalue weighted by Gasteiger charge is 2.37. The van der Waals surface area contributed by atoms with Gasteiger partial charge >= 0.3 is 0 Å². The summed E-state index contributed by atoms with van der Waals surface area (Å²) in [5, 5.41) is 0. The van der Waals surface area contributed by atoms with Crippen molar-refractivity contribution in [1.82, 2.24) is 9.55 Å². The second kappa shape index (κ2) is 4.57. The summed E-state index contributed by atoms with van der Waals surface area (Å²) >= 11 is 7.38. The van der Waals surface area contributed by atoms with Crippen molar-refractivity contribution in [3.05, 3.63) is 16.7 Å². The summed E-state index contributed by atoms with van der Waals surface area (Å²) in [4.78, 5) is 3.18. The van der Waals surface area contributed by atoms with E-state index in [2.05, 4.69) is 35.9 Å². The van der Waals surface area contributed by atoms with Crippen molar-refractivity contribution in [2.45, 2.75) is 50.3 Å². The lowest BCUT2D eigenvalue weighted by atomic mass is 9.84. The van der Waals surface area contributed by atoms with Gasteiger partial charge in [-0.15, -0.1) is 0 Å². The standard InChI is InChI=1S/C12H20N2S2/c1-9(2)10-7-13-11(15)14(10)8-12(16-3)5-4-6-12/h7,9H,4-6,8H2,1-3H3,(H,13,15). The molecule has 0 spiro atoms. The van der Waals surface area contributed by atoms with Gasteiger partial charge in [-0.05, 0) is 37.2 Å². The monoisotopic (exact) mass is 256 g/mol. The Balaban J connectivity index is 2.26. The van der Waals surface area contributed by atoms with Crippen molar-refractivity contribution < 1.29 is 0 Å². The van der Waals surface area contributed by atoms with Crippen LogP contribution in [-0.2, 0) is 6.54 Å². The Morgan fingerprint density at radius 1 is 1.56 bits per heavy atom. The van der Waals surface area contributed by atoms with E-state index in [9.17, 15) is 0 Å². The summed E-state index contributed by atoms with van der Waals surface area (Å²) in [5.41, 5.74) is 1.34. The number of imidazole rings is 1. The number of H-pyrrole nitrogens is 1. The molecule has 1 aliphatic carbocycles. The fraction of sp³-hybridized carbons (Fsp3) is 0.750. The largest absolute Gasteiger partial charge is 0.337 e. The molecule has 0 radical (unpaired) electrons. The molecule has 1 aromatic heterocycles. The minimum absolute atomic E-state index is 0.448. The van der Waals surface area contributed by atoms with Gasteiger partial charge in [-0.3, -0.25) is 0 Å². The number of nitrogens with one attached hydrogen (secondary N) is 1. The quantitative estimate of drug-likeness (QED) is 0.823. The topological polar surface area (TPSA) is 20.7 Å². The molecule has 0 aromatic carbocycles. The van der Waals surface area contributed by atoms with Gasteiger partial charge in [-0.1, -0.05) is 20.3 Å². The van der Waals surface area contributed by atoms with Gasteiger partial charge in [0, 0.05) is 23.2 Å². The predicted octanol–water partition coefficient (Wildman–Crippen LogP) is 3.95. The lowest BCUT2D eigenvalue weighted by molar-refractivity contribution is 0.316. The highest BCUT2D eigenvalue weighted by Crippen LogP contribution is 2.44. The summed E-state index contributed by atoms with van der Waals surface area (Å²) in [7, 11) is 0. The first-order chi connectivity index (χ1) is 7.58. The first-order valence-electron chi connectivity index (χ1n) is 5.91. The van der Waals surface area contributed by atoms with Crippen LogP contribution in [0.15, 0.2) is 6.20 Å². The molecule has 0 bridgehead atoms. The van der Waals surface area contributed by atoms with Gasteiger partial charge in [0.1, 0.15) is 0 Å². The van der Waals surface area contributed by atoms with Crippen LogP contribution in [-0.4, -0.2) is 20.6 Å². The summed E-state index contributed by atoms with van der Waals surface area (Å²) in [6, 6.07) is 0. The Kier molecular flexibility index (Phi) is 3.50. The van der Waals surface area contributed by atoms with E-state index in [-0.39, 0.29) is 0 Å². The van der Waals surface area contributed by atoms with Crippen LogP contribution in [0.2, 0.25) is 0 Å². The first kappa shape index (κ1) is 12.2. The van der Waals surface area contributed by atoms with E-state index in [1.165, 1.54) is 25.0 Å². The number of thioether (sulfide) groups is 1. The molecule has 0 unspecified atom stereocenters. The van der Waals surface area contributed by atoms with Crippen LogP contribution in [0.3, 0.4) is 0 Å². The molecule has 0 amide bonds. The molecule has 1 heterocycles. The van der Waals surface area contributed by atoms with Crippen LogP contribution in [0, 0.1) is 4.77 Å². The van der Waals surface area contributed by atoms with E-state index in [1.807, 2.05) is 11.8 Å². The van der Waals surface area contributed by atoms with Crippen molar-refractivity contribution in [1.29, 1.82) is 0 Å². The number of hydrogen-bond acceptors (Lipinski definition) is 2. The van der Waals surface area contributed by atoms with Gasteiger partial charge in [0.05, 0.1) is 0 Å². The van der Waals surface area contributed by atoms with E-state index < -0.39 is 0 Å². The summed E-state index contributed by atoms with van der Waals surface area (Å²) in [6.07, 6.45) is 8.33. The van der Waals surface area contributed by atoms with Gasteiger partial charge in [-0.25, -0.2) is 0 Å². The zero-order valence-corrected chi connectivity index (χ0v) is 11.9. The third kappa shape index (κ3) is 2.09. The van der Waals surface area contributed by atoms with Crippen LogP contribution >= 0.6 is 24.0 Å². The lowest BCUT2D eigenvalue weighted by Gasteiger charge is -2.41. The van der Waals surface area contributed by atoms with Crippen LogP contribution in [0.5, 0.6) is 0 Å². The van der Waals surface area contributed by atoms with E-state index >= 15 is 0 Å². The molecule has 4 heteroatoms. The van der Waals surface area contributed by atoms with Gasteiger partial charge in [-0.2, -0.15) is 11.8 Å². The molecule has 1 fully saturated rings. The van der Waals surface area contributed by atoms with Crippen LogP contribution in [0.25, 0.3) is 0 Å². The fourth-order valence-electron chi connectivity index (χ4n) is 2.34. The predicted molar refractivity (Wildman–Crippen MR) is 73.8 cm³/mol. The second-order valence-corrected chi connectivity index (χ2v) is 6.66. The van der Waals surface area contributed by atoms with E-state index in [0.29, 0.717) is 10.7 Å². The summed E-state index contributed by atoms with van der Waals surface area (Å²) < 4.78 is 3.63. The zero-order chi connectivity index (χ0) is 11.8. The number of nitrogens with zero attached hydrogens (tertiary/aromatic N) is 1. The maximum Gasteiger partial charge on any atom is 0.177 e. The average molecular weight is 256 g/mol. The minimum Gasteiger partial charge on any atom is -0.337 e. The number of hydrogen-bond donors (Lipinski definition) is 1. The third-order valence-electron chi connectivity index (χ3n) is 3.64. The Labute approximate surface area is 107 Å². The Hall–Kier alpha value is -0.220. The van der Waals surface area contributed by atoms with E-state index in [4.69, 9.17) is 12.2 Å². The Morgan fingerprint density at radius 3 is 2.69 bits per heavy atom. The molecular formula is C12H20N2S2. The maximum absolute atomic E-state index is 5.38. The molecule has 1 saturated carbocycles. The maximum atomic E-state index is 5.38. The average Bonchev–Trinajstić information content (AvgIpc) is 2.54. The number of rotatable bonds is 4. The normalized spacial score (nSPS) is 18.8. The van der Waals surface area contributed by atoms with Crippen molar-refractivity contribution in [2.24, 2.45) is 0 Å². The molecule has 0 saturated heterocycles. The van der Waals surface area contributed by atoms with E-state index in [1.54, 1.807) is 0 Å². The number of aromatic nitrogens is 2. The van der Waals surface area contributed by atoms with Crippen molar-refractivity contribution in [3.8, 4) is 0 Å². The molecule has 16 heavy (non-hydrogen) atoms. The third-order valence-corrected chi connectivity index (χ3v) is 5.38. The van der Waals surface area contributed by atoms with Gasteiger partial charge in [0.2, 0.25) is 0 Å².